The van der Waals surface area contributed by atoms with Crippen LogP contribution in [0.5, 0.6) is 0 Å². The number of hydrogen-bond acceptors (Lipinski definition) is 0. The third-order valence-corrected chi connectivity index (χ3v) is 3.25. The molecule has 0 nitrogen and oxygen atoms in total. The molecule has 2 rings (SSSR count). The molecule has 15 heavy (non-hydrogen) atoms. The maximum absolute atomic E-state index is 13.5. The summed E-state index contributed by atoms with van der Waals surface area (Å²) in [6.07, 6.45) is 6.74. The lowest BCUT2D eigenvalue weighted by molar-refractivity contribution is 0.526. The zero-order valence-corrected chi connectivity index (χ0v) is 8.81. The van der Waals surface area contributed by atoms with E-state index in [1.54, 1.807) is 0 Å². The molecule has 0 unspecified atom stereocenters. The zero-order chi connectivity index (χ0) is 10.7. The van der Waals surface area contributed by atoms with Crippen molar-refractivity contribution in [3.63, 3.8) is 0 Å². The Morgan fingerprint density at radius 2 is 1.60 bits per heavy atom. The summed E-state index contributed by atoms with van der Waals surface area (Å²) in [5.74, 6) is -0.345. The molecule has 0 heterocycles. The molecule has 0 spiro atoms. The molecule has 1 fully saturated rings. The minimum atomic E-state index is -0.323. The summed E-state index contributed by atoms with van der Waals surface area (Å²) in [6, 6.07) is 3.80. The predicted octanol–water partition coefficient (Wildman–Crippen LogP) is 4.40. The summed E-state index contributed by atoms with van der Waals surface area (Å²) in [5, 5.41) is 0. The van der Waals surface area contributed by atoms with Crippen molar-refractivity contribution in [2.75, 3.05) is 0 Å². The largest absolute Gasteiger partial charge is 0.207 e. The van der Waals surface area contributed by atoms with Gasteiger partial charge in [-0.3, -0.25) is 0 Å². The van der Waals surface area contributed by atoms with Crippen LogP contribution in [0, 0.1) is 11.6 Å². The predicted molar refractivity (Wildman–Crippen MR) is 56.8 cm³/mol. The molecule has 0 atom stereocenters. The van der Waals surface area contributed by atoms with Gasteiger partial charge >= 0.3 is 0 Å². The first-order chi connectivity index (χ1) is 7.27. The van der Waals surface area contributed by atoms with Gasteiger partial charge in [0.05, 0.1) is 0 Å². The standard InChI is InChI=1S/C13H16F2/c14-11-7-8-13(15)12(9-11)10-5-3-1-2-4-6-10/h7-10H,1-6H2. The molecule has 2 heteroatoms. The van der Waals surface area contributed by atoms with E-state index in [2.05, 4.69) is 0 Å². The van der Waals surface area contributed by atoms with Crippen molar-refractivity contribution in [3.8, 4) is 0 Å². The second kappa shape index (κ2) is 4.73. The van der Waals surface area contributed by atoms with Crippen LogP contribution in [0.2, 0.25) is 0 Å². The molecule has 0 radical (unpaired) electrons. The van der Waals surface area contributed by atoms with Crippen LogP contribution in [0.4, 0.5) is 8.78 Å². The normalized spacial score (nSPS) is 18.8. The smallest absolute Gasteiger partial charge is 0.126 e. The van der Waals surface area contributed by atoms with Crippen LogP contribution < -0.4 is 0 Å². The number of rotatable bonds is 1. The fraction of sp³-hybridized carbons (Fsp3) is 0.538. The van der Waals surface area contributed by atoms with Gasteiger partial charge in [-0.2, -0.15) is 0 Å². The Morgan fingerprint density at radius 3 is 2.27 bits per heavy atom. The molecule has 0 aliphatic heterocycles. The number of hydrogen-bond donors (Lipinski definition) is 0. The fourth-order valence-electron chi connectivity index (χ4n) is 2.42. The lowest BCUT2D eigenvalue weighted by Crippen LogP contribution is -2.01. The van der Waals surface area contributed by atoms with Crippen molar-refractivity contribution >= 4 is 0 Å². The van der Waals surface area contributed by atoms with E-state index in [-0.39, 0.29) is 17.6 Å². The van der Waals surface area contributed by atoms with E-state index < -0.39 is 0 Å². The maximum Gasteiger partial charge on any atom is 0.126 e. The molecule has 1 aromatic carbocycles. The molecule has 0 amide bonds. The van der Waals surface area contributed by atoms with Crippen molar-refractivity contribution in [1.29, 1.82) is 0 Å². The molecule has 82 valence electrons. The molecule has 0 N–H and O–H groups in total. The molecule has 1 aromatic rings. The van der Waals surface area contributed by atoms with Gasteiger partial charge in [0.1, 0.15) is 11.6 Å². The minimum Gasteiger partial charge on any atom is -0.207 e. The average Bonchev–Trinajstić information content (AvgIpc) is 2.50. The third kappa shape index (κ3) is 2.55. The van der Waals surface area contributed by atoms with Crippen molar-refractivity contribution in [2.45, 2.75) is 44.4 Å². The number of benzene rings is 1. The lowest BCUT2D eigenvalue weighted by atomic mass is 9.91. The van der Waals surface area contributed by atoms with Crippen LogP contribution in [-0.4, -0.2) is 0 Å². The van der Waals surface area contributed by atoms with Gasteiger partial charge in [0, 0.05) is 0 Å². The van der Waals surface area contributed by atoms with E-state index in [0.717, 1.165) is 25.7 Å². The van der Waals surface area contributed by atoms with Gasteiger partial charge in [0.25, 0.3) is 0 Å². The van der Waals surface area contributed by atoms with Crippen LogP contribution in [0.1, 0.15) is 50.0 Å². The van der Waals surface area contributed by atoms with E-state index in [1.807, 2.05) is 0 Å². The van der Waals surface area contributed by atoms with Crippen molar-refractivity contribution in [1.82, 2.24) is 0 Å². The summed E-state index contributed by atoms with van der Waals surface area (Å²) in [4.78, 5) is 0. The van der Waals surface area contributed by atoms with Gasteiger partial charge < -0.3 is 0 Å². The highest BCUT2D eigenvalue weighted by molar-refractivity contribution is 5.23. The van der Waals surface area contributed by atoms with E-state index >= 15 is 0 Å². The Hall–Kier alpha value is -0.920. The molecule has 0 aromatic heterocycles. The monoisotopic (exact) mass is 210 g/mol. The topological polar surface area (TPSA) is 0 Å². The van der Waals surface area contributed by atoms with E-state index in [9.17, 15) is 8.78 Å². The first-order valence-corrected chi connectivity index (χ1v) is 5.72. The summed E-state index contributed by atoms with van der Waals surface area (Å²) in [7, 11) is 0. The summed E-state index contributed by atoms with van der Waals surface area (Å²) in [6.45, 7) is 0. The SMILES string of the molecule is Fc1ccc(F)c(C2CCCCCC2)c1. The van der Waals surface area contributed by atoms with Crippen LogP contribution in [-0.2, 0) is 0 Å². The average molecular weight is 210 g/mol. The molecule has 0 bridgehead atoms. The van der Waals surface area contributed by atoms with Gasteiger partial charge in [-0.05, 0) is 42.5 Å². The molecule has 1 aliphatic rings. The summed E-state index contributed by atoms with van der Waals surface area (Å²) in [5.41, 5.74) is 0.580. The Bertz CT molecular complexity index is 325. The first kappa shape index (κ1) is 10.6. The fourth-order valence-corrected chi connectivity index (χ4v) is 2.42. The van der Waals surface area contributed by atoms with Crippen LogP contribution in [0.25, 0.3) is 0 Å². The van der Waals surface area contributed by atoms with Gasteiger partial charge in [0.2, 0.25) is 0 Å². The van der Waals surface area contributed by atoms with E-state index in [0.29, 0.717) is 5.56 Å². The van der Waals surface area contributed by atoms with Gasteiger partial charge in [-0.1, -0.05) is 25.7 Å². The summed E-state index contributed by atoms with van der Waals surface area (Å²) < 4.78 is 26.6. The first-order valence-electron chi connectivity index (χ1n) is 5.72. The van der Waals surface area contributed by atoms with Gasteiger partial charge in [-0.25, -0.2) is 8.78 Å². The third-order valence-electron chi connectivity index (χ3n) is 3.25. The van der Waals surface area contributed by atoms with Gasteiger partial charge in [0.15, 0.2) is 0 Å². The molecular weight excluding hydrogens is 194 g/mol. The lowest BCUT2D eigenvalue weighted by Gasteiger charge is -2.15. The van der Waals surface area contributed by atoms with Crippen molar-refractivity contribution in [2.24, 2.45) is 0 Å². The highest BCUT2D eigenvalue weighted by Gasteiger charge is 2.18. The highest BCUT2D eigenvalue weighted by Crippen LogP contribution is 2.33. The summed E-state index contributed by atoms with van der Waals surface area (Å²) >= 11 is 0. The van der Waals surface area contributed by atoms with Crippen LogP contribution in [0.3, 0.4) is 0 Å². The van der Waals surface area contributed by atoms with Crippen LogP contribution >= 0.6 is 0 Å². The van der Waals surface area contributed by atoms with Crippen molar-refractivity contribution < 1.29 is 8.78 Å². The second-order valence-electron chi connectivity index (χ2n) is 4.35. The Labute approximate surface area is 89.3 Å². The zero-order valence-electron chi connectivity index (χ0n) is 8.81. The highest BCUT2D eigenvalue weighted by atomic mass is 19.1. The minimum absolute atomic E-state index is 0.225. The van der Waals surface area contributed by atoms with Gasteiger partial charge in [-0.15, -0.1) is 0 Å². The Kier molecular flexibility index (Phi) is 3.34. The van der Waals surface area contributed by atoms with E-state index in [1.165, 1.54) is 31.0 Å². The molecular formula is C13H16F2. The molecule has 0 saturated heterocycles. The molecule has 1 saturated carbocycles. The van der Waals surface area contributed by atoms with E-state index in [4.69, 9.17) is 0 Å². The van der Waals surface area contributed by atoms with Crippen molar-refractivity contribution in [3.05, 3.63) is 35.4 Å². The van der Waals surface area contributed by atoms with Crippen LogP contribution in [0.15, 0.2) is 18.2 Å². The maximum atomic E-state index is 13.5. The molecule has 1 aliphatic carbocycles. The Balaban J connectivity index is 2.22. The Morgan fingerprint density at radius 1 is 0.933 bits per heavy atom. The number of halogens is 2. The second-order valence-corrected chi connectivity index (χ2v) is 4.35. The quantitative estimate of drug-likeness (QED) is 0.602.